The summed E-state index contributed by atoms with van der Waals surface area (Å²) in [7, 11) is -0.661. The number of hydrogen-bond donors (Lipinski definition) is 2. The van der Waals surface area contributed by atoms with Crippen LogP contribution in [0.3, 0.4) is 0 Å². The molecule has 0 atom stereocenters. The van der Waals surface area contributed by atoms with E-state index in [0.29, 0.717) is 23.1 Å². The average Bonchev–Trinajstić information content (AvgIpc) is 2.65. The zero-order chi connectivity index (χ0) is 20.3. The molecule has 0 spiro atoms. The van der Waals surface area contributed by atoms with Gasteiger partial charge in [0, 0.05) is 44.3 Å². The van der Waals surface area contributed by atoms with Crippen LogP contribution in [0.5, 0.6) is 11.5 Å². The van der Waals surface area contributed by atoms with Gasteiger partial charge in [-0.1, -0.05) is 0 Å². The molecule has 2 aromatic heterocycles. The first-order chi connectivity index (χ1) is 13.3. The lowest BCUT2D eigenvalue weighted by molar-refractivity contribution is 0.442. The lowest BCUT2D eigenvalue weighted by Crippen LogP contribution is -2.22. The standard InChI is InChI=1S/C18H18FN5O3S/c1-24(2)28(25,26)14-4-6-17(22-11-14)23-18-10-13(7-8-21-18)27-16-5-3-12(20)9-15(16)19/h3-11H,20H2,1-2H3,(H,21,22,23). The lowest BCUT2D eigenvalue weighted by Gasteiger charge is -2.12. The first-order valence-electron chi connectivity index (χ1n) is 8.10. The minimum absolute atomic E-state index is 0.0303. The fourth-order valence-electron chi connectivity index (χ4n) is 2.22. The Balaban J connectivity index is 1.76. The van der Waals surface area contributed by atoms with Crippen molar-refractivity contribution in [3.05, 3.63) is 60.7 Å². The maximum Gasteiger partial charge on any atom is 0.244 e. The number of halogens is 1. The van der Waals surface area contributed by atoms with Crippen molar-refractivity contribution >= 4 is 27.3 Å². The molecule has 0 fully saturated rings. The molecule has 28 heavy (non-hydrogen) atoms. The topological polar surface area (TPSA) is 110 Å². The number of hydrogen-bond acceptors (Lipinski definition) is 7. The number of benzene rings is 1. The van der Waals surface area contributed by atoms with Crippen LogP contribution in [0.1, 0.15) is 0 Å². The summed E-state index contributed by atoms with van der Waals surface area (Å²) >= 11 is 0. The summed E-state index contributed by atoms with van der Waals surface area (Å²) in [4.78, 5) is 8.31. The molecular weight excluding hydrogens is 385 g/mol. The van der Waals surface area contributed by atoms with Gasteiger partial charge in [-0.3, -0.25) is 0 Å². The van der Waals surface area contributed by atoms with Gasteiger partial charge >= 0.3 is 0 Å². The van der Waals surface area contributed by atoms with E-state index in [4.69, 9.17) is 10.5 Å². The van der Waals surface area contributed by atoms with E-state index in [2.05, 4.69) is 15.3 Å². The van der Waals surface area contributed by atoms with Gasteiger partial charge in [0.05, 0.1) is 0 Å². The van der Waals surface area contributed by atoms with E-state index in [9.17, 15) is 12.8 Å². The molecular formula is C18H18FN5O3S. The molecule has 8 nitrogen and oxygen atoms in total. The Morgan fingerprint density at radius 2 is 1.86 bits per heavy atom. The van der Waals surface area contributed by atoms with Crippen molar-refractivity contribution in [2.45, 2.75) is 4.90 Å². The van der Waals surface area contributed by atoms with Crippen molar-refractivity contribution in [3.63, 3.8) is 0 Å². The van der Waals surface area contributed by atoms with Crippen LogP contribution in [0, 0.1) is 5.82 Å². The van der Waals surface area contributed by atoms with Gasteiger partial charge in [0.2, 0.25) is 10.0 Å². The van der Waals surface area contributed by atoms with Crippen LogP contribution >= 0.6 is 0 Å². The Hall–Kier alpha value is -3.24. The second-order valence-corrected chi connectivity index (χ2v) is 8.11. The normalized spacial score (nSPS) is 11.4. The van der Waals surface area contributed by atoms with E-state index in [1.165, 1.54) is 56.8 Å². The smallest absolute Gasteiger partial charge is 0.244 e. The molecule has 3 N–H and O–H groups in total. The number of ether oxygens (including phenoxy) is 1. The second kappa shape index (κ2) is 7.79. The number of nitrogens with one attached hydrogen (secondary N) is 1. The van der Waals surface area contributed by atoms with Crippen LogP contribution in [0.25, 0.3) is 0 Å². The first-order valence-corrected chi connectivity index (χ1v) is 9.54. The molecule has 0 aliphatic heterocycles. The van der Waals surface area contributed by atoms with Gasteiger partial charge in [-0.15, -0.1) is 0 Å². The number of pyridine rings is 2. The number of nitrogens with two attached hydrogens (primary N) is 1. The molecule has 3 aromatic rings. The molecule has 0 saturated carbocycles. The van der Waals surface area contributed by atoms with Crippen molar-refractivity contribution in [3.8, 4) is 11.5 Å². The minimum Gasteiger partial charge on any atom is -0.454 e. The Bertz CT molecular complexity index is 1090. The number of anilines is 3. The summed E-state index contributed by atoms with van der Waals surface area (Å²) in [6.45, 7) is 0. The molecule has 2 heterocycles. The Kier molecular flexibility index (Phi) is 5.43. The number of nitrogens with zero attached hydrogens (tertiary/aromatic N) is 3. The summed E-state index contributed by atoms with van der Waals surface area (Å²) in [6.07, 6.45) is 2.74. The SMILES string of the molecule is CN(C)S(=O)(=O)c1ccc(Nc2cc(Oc3ccc(N)cc3F)ccn2)nc1. The molecule has 0 unspecified atom stereocenters. The first kappa shape index (κ1) is 19.5. The van der Waals surface area contributed by atoms with Crippen LogP contribution < -0.4 is 15.8 Å². The van der Waals surface area contributed by atoms with E-state index in [1.54, 1.807) is 12.1 Å². The molecule has 1 aromatic carbocycles. The lowest BCUT2D eigenvalue weighted by atomic mass is 10.3. The summed E-state index contributed by atoms with van der Waals surface area (Å²) in [5, 5.41) is 2.94. The highest BCUT2D eigenvalue weighted by atomic mass is 32.2. The predicted molar refractivity (Wildman–Crippen MR) is 104 cm³/mol. The Labute approximate surface area is 161 Å². The molecule has 146 valence electrons. The van der Waals surface area contributed by atoms with Crippen LogP contribution in [0.4, 0.5) is 21.7 Å². The van der Waals surface area contributed by atoms with Crippen LogP contribution in [-0.2, 0) is 10.0 Å². The van der Waals surface area contributed by atoms with Crippen molar-refractivity contribution in [1.82, 2.24) is 14.3 Å². The van der Waals surface area contributed by atoms with Gasteiger partial charge in [-0.2, -0.15) is 0 Å². The van der Waals surface area contributed by atoms with Gasteiger partial charge in [0.15, 0.2) is 11.6 Å². The zero-order valence-electron chi connectivity index (χ0n) is 15.1. The fraction of sp³-hybridized carbons (Fsp3) is 0.111. The summed E-state index contributed by atoms with van der Waals surface area (Å²) in [5.74, 6) is 0.589. The Morgan fingerprint density at radius 1 is 1.07 bits per heavy atom. The number of sulfonamides is 1. The molecule has 0 aliphatic carbocycles. The van der Waals surface area contributed by atoms with E-state index in [1.807, 2.05) is 0 Å². The quantitative estimate of drug-likeness (QED) is 0.609. The summed E-state index contributed by atoms with van der Waals surface area (Å²) < 4.78 is 44.6. The number of nitrogen functional groups attached to an aromatic ring is 1. The van der Waals surface area contributed by atoms with Crippen LogP contribution in [-0.4, -0.2) is 36.8 Å². The minimum atomic E-state index is -3.55. The highest BCUT2D eigenvalue weighted by molar-refractivity contribution is 7.89. The van der Waals surface area contributed by atoms with Gasteiger partial charge in [0.1, 0.15) is 22.3 Å². The molecule has 0 bridgehead atoms. The largest absolute Gasteiger partial charge is 0.454 e. The van der Waals surface area contributed by atoms with Crippen molar-refractivity contribution in [2.24, 2.45) is 0 Å². The number of aromatic nitrogens is 2. The molecule has 10 heteroatoms. The fourth-order valence-corrected chi connectivity index (χ4v) is 3.07. The molecule has 0 amide bonds. The van der Waals surface area contributed by atoms with Crippen LogP contribution in [0.2, 0.25) is 0 Å². The maximum atomic E-state index is 13.9. The van der Waals surface area contributed by atoms with E-state index in [-0.39, 0.29) is 10.6 Å². The highest BCUT2D eigenvalue weighted by Crippen LogP contribution is 2.27. The van der Waals surface area contributed by atoms with Gasteiger partial charge in [-0.05, 0) is 30.3 Å². The third kappa shape index (κ3) is 4.35. The van der Waals surface area contributed by atoms with Crippen molar-refractivity contribution in [2.75, 3.05) is 25.1 Å². The molecule has 0 saturated heterocycles. The third-order valence-corrected chi connectivity index (χ3v) is 5.48. The molecule has 3 rings (SSSR count). The Morgan fingerprint density at radius 3 is 2.50 bits per heavy atom. The highest BCUT2D eigenvalue weighted by Gasteiger charge is 2.17. The van der Waals surface area contributed by atoms with E-state index < -0.39 is 15.8 Å². The molecule has 0 aliphatic rings. The average molecular weight is 403 g/mol. The number of rotatable bonds is 6. The van der Waals surface area contributed by atoms with E-state index >= 15 is 0 Å². The predicted octanol–water partition coefficient (Wildman–Crippen LogP) is 2.98. The van der Waals surface area contributed by atoms with Crippen molar-refractivity contribution in [1.29, 1.82) is 0 Å². The van der Waals surface area contributed by atoms with Gasteiger partial charge in [-0.25, -0.2) is 27.1 Å². The molecule has 0 radical (unpaired) electrons. The zero-order valence-corrected chi connectivity index (χ0v) is 15.9. The van der Waals surface area contributed by atoms with Crippen LogP contribution in [0.15, 0.2) is 59.8 Å². The monoisotopic (exact) mass is 403 g/mol. The van der Waals surface area contributed by atoms with Gasteiger partial charge < -0.3 is 15.8 Å². The second-order valence-electron chi connectivity index (χ2n) is 5.96. The van der Waals surface area contributed by atoms with E-state index in [0.717, 1.165) is 4.31 Å². The van der Waals surface area contributed by atoms with Crippen molar-refractivity contribution < 1.29 is 17.5 Å². The third-order valence-electron chi connectivity index (χ3n) is 3.69. The maximum absolute atomic E-state index is 13.9. The summed E-state index contributed by atoms with van der Waals surface area (Å²) in [5.41, 5.74) is 5.82. The van der Waals surface area contributed by atoms with Gasteiger partial charge in [0.25, 0.3) is 0 Å². The summed E-state index contributed by atoms with van der Waals surface area (Å²) in [6, 6.07) is 10.2.